The molecule has 1 aromatic carbocycles. The van der Waals surface area contributed by atoms with Gasteiger partial charge >= 0.3 is 0 Å². The molecule has 0 unspecified atom stereocenters. The number of methoxy groups -OCH3 is 1. The van der Waals surface area contributed by atoms with Gasteiger partial charge < -0.3 is 24.8 Å². The monoisotopic (exact) mass is 364 g/mol. The SMILES string of the molecule is CN=C(NCCN1CCOCC1)NCc1cccc(OCCCOC)c1. The zero-order valence-electron chi connectivity index (χ0n) is 16.0. The quantitative estimate of drug-likeness (QED) is 0.368. The largest absolute Gasteiger partial charge is 0.493 e. The number of aliphatic imine (C=N–C) groups is 1. The average molecular weight is 364 g/mol. The zero-order chi connectivity index (χ0) is 18.5. The molecule has 0 amide bonds. The lowest BCUT2D eigenvalue weighted by Gasteiger charge is -2.26. The van der Waals surface area contributed by atoms with E-state index >= 15 is 0 Å². The van der Waals surface area contributed by atoms with Gasteiger partial charge in [0.15, 0.2) is 5.96 Å². The number of hydrogen-bond acceptors (Lipinski definition) is 5. The van der Waals surface area contributed by atoms with Crippen molar-refractivity contribution in [1.82, 2.24) is 15.5 Å². The van der Waals surface area contributed by atoms with Crippen LogP contribution in [0.15, 0.2) is 29.3 Å². The Morgan fingerprint density at radius 3 is 2.85 bits per heavy atom. The van der Waals surface area contributed by atoms with Crippen molar-refractivity contribution in [2.45, 2.75) is 13.0 Å². The van der Waals surface area contributed by atoms with Gasteiger partial charge in [-0.1, -0.05) is 12.1 Å². The first-order chi connectivity index (χ1) is 12.8. The molecule has 0 saturated carbocycles. The number of benzene rings is 1. The molecule has 0 atom stereocenters. The van der Waals surface area contributed by atoms with E-state index < -0.39 is 0 Å². The number of rotatable bonds is 10. The second-order valence-electron chi connectivity index (χ2n) is 6.15. The highest BCUT2D eigenvalue weighted by Crippen LogP contribution is 2.13. The van der Waals surface area contributed by atoms with E-state index in [-0.39, 0.29) is 0 Å². The first-order valence-corrected chi connectivity index (χ1v) is 9.27. The zero-order valence-corrected chi connectivity index (χ0v) is 16.0. The van der Waals surface area contributed by atoms with E-state index in [1.165, 1.54) is 0 Å². The molecule has 2 N–H and O–H groups in total. The van der Waals surface area contributed by atoms with Crippen LogP contribution >= 0.6 is 0 Å². The second kappa shape index (κ2) is 12.5. The number of hydrogen-bond donors (Lipinski definition) is 2. The third-order valence-electron chi connectivity index (χ3n) is 4.17. The standard InChI is InChI=1S/C19H32N4O3/c1-20-19(21-7-8-23-9-13-25-14-10-23)22-16-17-5-3-6-18(15-17)26-12-4-11-24-2/h3,5-6,15H,4,7-14,16H2,1-2H3,(H2,20,21,22). The van der Waals surface area contributed by atoms with E-state index in [1.54, 1.807) is 14.2 Å². The van der Waals surface area contributed by atoms with Crippen LogP contribution < -0.4 is 15.4 Å². The minimum absolute atomic E-state index is 0.662. The van der Waals surface area contributed by atoms with Crippen LogP contribution in [0.2, 0.25) is 0 Å². The van der Waals surface area contributed by atoms with Crippen molar-refractivity contribution in [3.8, 4) is 5.75 Å². The Morgan fingerprint density at radius 1 is 1.23 bits per heavy atom. The number of guanidine groups is 1. The third-order valence-corrected chi connectivity index (χ3v) is 4.17. The summed E-state index contributed by atoms with van der Waals surface area (Å²) >= 11 is 0. The summed E-state index contributed by atoms with van der Waals surface area (Å²) in [6.45, 7) is 7.61. The van der Waals surface area contributed by atoms with E-state index in [4.69, 9.17) is 14.2 Å². The Hall–Kier alpha value is -1.83. The smallest absolute Gasteiger partial charge is 0.191 e. The Labute approximate surface area is 156 Å². The lowest BCUT2D eigenvalue weighted by atomic mass is 10.2. The molecule has 26 heavy (non-hydrogen) atoms. The first kappa shape index (κ1) is 20.5. The Bertz CT molecular complexity index is 533. The van der Waals surface area contributed by atoms with Gasteiger partial charge in [0, 0.05) is 59.9 Å². The molecule has 1 aromatic rings. The van der Waals surface area contributed by atoms with Crippen LogP contribution in [0.25, 0.3) is 0 Å². The van der Waals surface area contributed by atoms with Crippen molar-refractivity contribution < 1.29 is 14.2 Å². The summed E-state index contributed by atoms with van der Waals surface area (Å²) in [5.74, 6) is 1.69. The van der Waals surface area contributed by atoms with Crippen LogP contribution in [0.1, 0.15) is 12.0 Å². The van der Waals surface area contributed by atoms with Gasteiger partial charge in [-0.25, -0.2) is 0 Å². The average Bonchev–Trinajstić information content (AvgIpc) is 2.69. The van der Waals surface area contributed by atoms with E-state index in [9.17, 15) is 0 Å². The van der Waals surface area contributed by atoms with Gasteiger partial charge in [-0.3, -0.25) is 9.89 Å². The summed E-state index contributed by atoms with van der Waals surface area (Å²) in [6.07, 6.45) is 0.888. The van der Waals surface area contributed by atoms with Crippen molar-refractivity contribution in [2.24, 2.45) is 4.99 Å². The van der Waals surface area contributed by atoms with Crippen molar-refractivity contribution in [3.63, 3.8) is 0 Å². The predicted octanol–water partition coefficient (Wildman–Crippen LogP) is 1.10. The highest BCUT2D eigenvalue weighted by Gasteiger charge is 2.09. The molecule has 7 nitrogen and oxygen atoms in total. The van der Waals surface area contributed by atoms with Crippen molar-refractivity contribution in [1.29, 1.82) is 0 Å². The molecule has 1 aliphatic heterocycles. The molecule has 1 fully saturated rings. The topological polar surface area (TPSA) is 67.4 Å². The van der Waals surface area contributed by atoms with Gasteiger partial charge in [-0.05, 0) is 17.7 Å². The van der Waals surface area contributed by atoms with Gasteiger partial charge in [0.05, 0.1) is 19.8 Å². The molecule has 1 aliphatic rings. The van der Waals surface area contributed by atoms with Gasteiger partial charge in [0.2, 0.25) is 0 Å². The summed E-state index contributed by atoms with van der Waals surface area (Å²) in [5.41, 5.74) is 1.16. The van der Waals surface area contributed by atoms with Crippen molar-refractivity contribution in [3.05, 3.63) is 29.8 Å². The number of nitrogens with zero attached hydrogens (tertiary/aromatic N) is 2. The molecule has 0 spiro atoms. The summed E-state index contributed by atoms with van der Waals surface area (Å²) in [7, 11) is 3.49. The molecule has 0 aliphatic carbocycles. The fourth-order valence-electron chi connectivity index (χ4n) is 2.70. The minimum atomic E-state index is 0.662. The van der Waals surface area contributed by atoms with Crippen LogP contribution in [0.3, 0.4) is 0 Å². The maximum atomic E-state index is 5.74. The van der Waals surface area contributed by atoms with Crippen molar-refractivity contribution >= 4 is 5.96 Å². The summed E-state index contributed by atoms with van der Waals surface area (Å²) in [6, 6.07) is 8.12. The second-order valence-corrected chi connectivity index (χ2v) is 6.15. The molecule has 0 aromatic heterocycles. The number of morpholine rings is 1. The van der Waals surface area contributed by atoms with Crippen LogP contribution in [-0.4, -0.2) is 77.6 Å². The summed E-state index contributed by atoms with van der Waals surface area (Å²) < 4.78 is 16.1. The van der Waals surface area contributed by atoms with E-state index in [0.717, 1.165) is 63.1 Å². The highest BCUT2D eigenvalue weighted by molar-refractivity contribution is 5.79. The molecular weight excluding hydrogens is 332 g/mol. The normalized spacial score (nSPS) is 15.7. The summed E-state index contributed by atoms with van der Waals surface area (Å²) in [5, 5.41) is 6.71. The van der Waals surface area contributed by atoms with Crippen LogP contribution in [0.5, 0.6) is 5.75 Å². The molecule has 0 radical (unpaired) electrons. The van der Waals surface area contributed by atoms with Crippen LogP contribution in [-0.2, 0) is 16.0 Å². The predicted molar refractivity (Wildman–Crippen MR) is 104 cm³/mol. The van der Waals surface area contributed by atoms with Crippen LogP contribution in [0, 0.1) is 0 Å². The van der Waals surface area contributed by atoms with Gasteiger partial charge in [-0.2, -0.15) is 0 Å². The van der Waals surface area contributed by atoms with E-state index in [2.05, 4.69) is 32.7 Å². The molecule has 146 valence electrons. The maximum absolute atomic E-state index is 5.74. The Kier molecular flexibility index (Phi) is 9.86. The minimum Gasteiger partial charge on any atom is -0.493 e. The van der Waals surface area contributed by atoms with Gasteiger partial charge in [0.1, 0.15) is 5.75 Å². The molecule has 2 rings (SSSR count). The Morgan fingerprint density at radius 2 is 2.08 bits per heavy atom. The molecule has 1 saturated heterocycles. The fourth-order valence-corrected chi connectivity index (χ4v) is 2.70. The van der Waals surface area contributed by atoms with E-state index in [0.29, 0.717) is 19.8 Å². The molecular formula is C19H32N4O3. The van der Waals surface area contributed by atoms with Crippen LogP contribution in [0.4, 0.5) is 0 Å². The Balaban J connectivity index is 1.68. The lowest BCUT2D eigenvalue weighted by molar-refractivity contribution is 0.0389. The lowest BCUT2D eigenvalue weighted by Crippen LogP contribution is -2.44. The third kappa shape index (κ3) is 8.03. The molecule has 1 heterocycles. The van der Waals surface area contributed by atoms with Gasteiger partial charge in [-0.15, -0.1) is 0 Å². The summed E-state index contributed by atoms with van der Waals surface area (Å²) in [4.78, 5) is 6.68. The molecule has 0 bridgehead atoms. The number of nitrogens with one attached hydrogen (secondary N) is 2. The highest BCUT2D eigenvalue weighted by atomic mass is 16.5. The number of ether oxygens (including phenoxy) is 3. The van der Waals surface area contributed by atoms with Gasteiger partial charge in [0.25, 0.3) is 0 Å². The van der Waals surface area contributed by atoms with E-state index in [1.807, 2.05) is 12.1 Å². The first-order valence-electron chi connectivity index (χ1n) is 9.27. The van der Waals surface area contributed by atoms with Crippen molar-refractivity contribution in [2.75, 3.05) is 66.8 Å². The molecule has 7 heteroatoms. The maximum Gasteiger partial charge on any atom is 0.191 e. The fraction of sp³-hybridized carbons (Fsp3) is 0.632.